The number of hydrogen-bond acceptors (Lipinski definition) is 3. The highest BCUT2D eigenvalue weighted by Crippen LogP contribution is 2.26. The van der Waals surface area contributed by atoms with Crippen LogP contribution < -0.4 is 0 Å². The zero-order valence-corrected chi connectivity index (χ0v) is 13.3. The van der Waals surface area contributed by atoms with Gasteiger partial charge in [0.1, 0.15) is 5.82 Å². The number of amides is 1. The van der Waals surface area contributed by atoms with E-state index >= 15 is 0 Å². The Kier molecular flexibility index (Phi) is 5.06. The van der Waals surface area contributed by atoms with Gasteiger partial charge in [0.15, 0.2) is 5.78 Å². The highest BCUT2D eigenvalue weighted by molar-refractivity contribution is 5.97. The third-order valence-corrected chi connectivity index (χ3v) is 4.92. The lowest BCUT2D eigenvalue weighted by Gasteiger charge is -2.35. The van der Waals surface area contributed by atoms with Gasteiger partial charge >= 0.3 is 0 Å². The highest BCUT2D eigenvalue weighted by Gasteiger charge is 2.29. The van der Waals surface area contributed by atoms with E-state index in [1.54, 1.807) is 0 Å². The summed E-state index contributed by atoms with van der Waals surface area (Å²) < 4.78 is 12.9. The van der Waals surface area contributed by atoms with Crippen molar-refractivity contribution in [3.63, 3.8) is 0 Å². The minimum atomic E-state index is -0.333. The van der Waals surface area contributed by atoms with Crippen molar-refractivity contribution in [2.75, 3.05) is 32.7 Å². The largest absolute Gasteiger partial charge is 0.340 e. The monoisotopic (exact) mass is 318 g/mol. The number of Topliss-reactive ketones (excluding diaryl/α,β-unsaturated/α-hetero) is 1. The zero-order chi connectivity index (χ0) is 16.2. The van der Waals surface area contributed by atoms with Crippen molar-refractivity contribution in [1.29, 1.82) is 0 Å². The third-order valence-electron chi connectivity index (χ3n) is 4.92. The number of ketones is 1. The fourth-order valence-corrected chi connectivity index (χ4v) is 3.49. The molecule has 1 aliphatic carbocycles. The summed E-state index contributed by atoms with van der Waals surface area (Å²) in [6, 6.07) is 5.67. The Balaban J connectivity index is 1.48. The first kappa shape index (κ1) is 16.1. The maximum Gasteiger partial charge on any atom is 0.225 e. The molecule has 4 nitrogen and oxygen atoms in total. The molecule has 0 bridgehead atoms. The van der Waals surface area contributed by atoms with Gasteiger partial charge in [-0.2, -0.15) is 0 Å². The molecule has 1 heterocycles. The molecule has 0 radical (unpaired) electrons. The summed E-state index contributed by atoms with van der Waals surface area (Å²) in [6.45, 7) is 3.19. The van der Waals surface area contributed by atoms with Crippen LogP contribution in [0, 0.1) is 11.7 Å². The second kappa shape index (κ2) is 7.21. The molecule has 2 aliphatic rings. The molecule has 1 aromatic rings. The van der Waals surface area contributed by atoms with Gasteiger partial charge in [-0.05, 0) is 37.1 Å². The molecule has 0 spiro atoms. The molecular formula is C18H23FN2O2. The van der Waals surface area contributed by atoms with Crippen LogP contribution in [-0.2, 0) is 4.79 Å². The summed E-state index contributed by atoms with van der Waals surface area (Å²) in [4.78, 5) is 28.6. The van der Waals surface area contributed by atoms with Crippen molar-refractivity contribution in [2.24, 2.45) is 5.92 Å². The van der Waals surface area contributed by atoms with Gasteiger partial charge in [-0.15, -0.1) is 0 Å². The lowest BCUT2D eigenvalue weighted by molar-refractivity contribution is -0.137. The molecule has 2 fully saturated rings. The summed E-state index contributed by atoms with van der Waals surface area (Å²) >= 11 is 0. The average molecular weight is 318 g/mol. The number of nitrogens with zero attached hydrogens (tertiary/aromatic N) is 2. The van der Waals surface area contributed by atoms with Crippen LogP contribution in [-0.4, -0.2) is 54.2 Å². The first-order valence-corrected chi connectivity index (χ1v) is 8.43. The van der Waals surface area contributed by atoms with Gasteiger partial charge in [0, 0.05) is 37.7 Å². The minimum absolute atomic E-state index is 0.000527. The van der Waals surface area contributed by atoms with E-state index in [-0.39, 0.29) is 17.5 Å². The number of carbonyl (C=O) groups is 2. The van der Waals surface area contributed by atoms with E-state index < -0.39 is 0 Å². The number of benzene rings is 1. The zero-order valence-electron chi connectivity index (χ0n) is 13.3. The molecule has 0 atom stereocenters. The van der Waals surface area contributed by atoms with Gasteiger partial charge in [0.2, 0.25) is 5.91 Å². The van der Waals surface area contributed by atoms with E-state index in [2.05, 4.69) is 4.90 Å². The summed E-state index contributed by atoms with van der Waals surface area (Å²) in [5.74, 6) is 0.190. The number of piperazine rings is 1. The predicted molar refractivity (Wildman–Crippen MR) is 85.7 cm³/mol. The van der Waals surface area contributed by atoms with Crippen LogP contribution in [0.25, 0.3) is 0 Å². The predicted octanol–water partition coefficient (Wildman–Crippen LogP) is 2.34. The first-order chi connectivity index (χ1) is 11.1. The quantitative estimate of drug-likeness (QED) is 0.800. The number of hydrogen-bond donors (Lipinski definition) is 0. The summed E-state index contributed by atoms with van der Waals surface area (Å²) in [7, 11) is 0. The molecule has 1 saturated carbocycles. The molecule has 5 heteroatoms. The van der Waals surface area contributed by atoms with Gasteiger partial charge in [-0.1, -0.05) is 12.8 Å². The van der Waals surface area contributed by atoms with Crippen LogP contribution in [0.4, 0.5) is 4.39 Å². The van der Waals surface area contributed by atoms with Crippen molar-refractivity contribution in [3.05, 3.63) is 35.6 Å². The SMILES string of the molecule is O=C(CN1CCN(C(=O)C2CCCC2)CC1)c1ccc(F)cc1. The van der Waals surface area contributed by atoms with Crippen molar-refractivity contribution in [2.45, 2.75) is 25.7 Å². The van der Waals surface area contributed by atoms with E-state index in [9.17, 15) is 14.0 Å². The fraction of sp³-hybridized carbons (Fsp3) is 0.556. The van der Waals surface area contributed by atoms with Gasteiger partial charge in [-0.3, -0.25) is 14.5 Å². The molecule has 1 amide bonds. The van der Waals surface area contributed by atoms with Crippen LogP contribution >= 0.6 is 0 Å². The summed E-state index contributed by atoms with van der Waals surface area (Å²) in [6.07, 6.45) is 4.40. The number of rotatable bonds is 4. The van der Waals surface area contributed by atoms with Crippen LogP contribution in [0.15, 0.2) is 24.3 Å². The average Bonchev–Trinajstić information content (AvgIpc) is 3.10. The molecule has 23 heavy (non-hydrogen) atoms. The Morgan fingerprint density at radius 3 is 2.22 bits per heavy atom. The maximum atomic E-state index is 12.9. The lowest BCUT2D eigenvalue weighted by atomic mass is 10.1. The van der Waals surface area contributed by atoms with Crippen LogP contribution in [0.5, 0.6) is 0 Å². The molecule has 1 aliphatic heterocycles. The van der Waals surface area contributed by atoms with Crippen molar-refractivity contribution in [1.82, 2.24) is 9.80 Å². The summed E-state index contributed by atoms with van der Waals surface area (Å²) in [5, 5.41) is 0. The smallest absolute Gasteiger partial charge is 0.225 e. The normalized spacial score (nSPS) is 20.0. The second-order valence-corrected chi connectivity index (χ2v) is 6.51. The molecule has 0 unspecified atom stereocenters. The van der Waals surface area contributed by atoms with Gasteiger partial charge in [-0.25, -0.2) is 4.39 Å². The van der Waals surface area contributed by atoms with Crippen LogP contribution in [0.1, 0.15) is 36.0 Å². The Morgan fingerprint density at radius 2 is 1.61 bits per heavy atom. The van der Waals surface area contributed by atoms with E-state index in [1.165, 1.54) is 37.1 Å². The number of halogens is 1. The Labute approximate surface area is 136 Å². The third kappa shape index (κ3) is 3.96. The van der Waals surface area contributed by atoms with Crippen molar-refractivity contribution < 1.29 is 14.0 Å². The topological polar surface area (TPSA) is 40.6 Å². The van der Waals surface area contributed by atoms with Crippen molar-refractivity contribution in [3.8, 4) is 0 Å². The van der Waals surface area contributed by atoms with Gasteiger partial charge in [0.05, 0.1) is 6.54 Å². The van der Waals surface area contributed by atoms with E-state index in [0.717, 1.165) is 25.9 Å². The Morgan fingerprint density at radius 1 is 1.00 bits per heavy atom. The van der Waals surface area contributed by atoms with Gasteiger partial charge in [0.25, 0.3) is 0 Å². The van der Waals surface area contributed by atoms with Crippen molar-refractivity contribution >= 4 is 11.7 Å². The molecule has 1 aromatic carbocycles. The molecular weight excluding hydrogens is 295 g/mol. The first-order valence-electron chi connectivity index (χ1n) is 8.43. The lowest BCUT2D eigenvalue weighted by Crippen LogP contribution is -2.51. The Bertz CT molecular complexity index is 559. The fourth-order valence-electron chi connectivity index (χ4n) is 3.49. The Hall–Kier alpha value is -1.75. The standard InChI is InChI=1S/C18H23FN2O2/c19-16-7-5-14(6-8-16)17(22)13-20-9-11-21(12-10-20)18(23)15-3-1-2-4-15/h5-8,15H,1-4,9-13H2. The van der Waals surface area contributed by atoms with E-state index in [4.69, 9.17) is 0 Å². The molecule has 0 aromatic heterocycles. The maximum absolute atomic E-state index is 12.9. The van der Waals surface area contributed by atoms with Crippen LogP contribution in [0.2, 0.25) is 0 Å². The van der Waals surface area contributed by atoms with E-state index in [0.29, 0.717) is 31.1 Å². The second-order valence-electron chi connectivity index (χ2n) is 6.51. The number of carbonyl (C=O) groups excluding carboxylic acids is 2. The molecule has 3 rings (SSSR count). The van der Waals surface area contributed by atoms with E-state index in [1.807, 2.05) is 4.90 Å². The molecule has 1 saturated heterocycles. The minimum Gasteiger partial charge on any atom is -0.340 e. The summed E-state index contributed by atoms with van der Waals surface area (Å²) in [5.41, 5.74) is 0.538. The van der Waals surface area contributed by atoms with Crippen LogP contribution in [0.3, 0.4) is 0 Å². The van der Waals surface area contributed by atoms with Gasteiger partial charge < -0.3 is 4.90 Å². The highest BCUT2D eigenvalue weighted by atomic mass is 19.1. The molecule has 124 valence electrons. The molecule has 0 N–H and O–H groups in total.